The van der Waals surface area contributed by atoms with Crippen molar-refractivity contribution in [3.05, 3.63) is 82.9 Å². The van der Waals surface area contributed by atoms with Gasteiger partial charge in [0, 0.05) is 51.5 Å². The lowest BCUT2D eigenvalue weighted by Crippen LogP contribution is -2.47. The molecule has 9 heteroatoms. The van der Waals surface area contributed by atoms with Crippen LogP contribution in [0.1, 0.15) is 11.3 Å². The van der Waals surface area contributed by atoms with Gasteiger partial charge in [0.2, 0.25) is 5.95 Å². The lowest BCUT2D eigenvalue weighted by molar-refractivity contribution is -0.115. The van der Waals surface area contributed by atoms with Crippen molar-refractivity contribution in [3.63, 3.8) is 0 Å². The van der Waals surface area contributed by atoms with Gasteiger partial charge in [-0.05, 0) is 35.5 Å². The van der Waals surface area contributed by atoms with Crippen molar-refractivity contribution in [2.45, 2.75) is 6.54 Å². The van der Waals surface area contributed by atoms with Gasteiger partial charge in [0.1, 0.15) is 5.82 Å². The zero-order valence-corrected chi connectivity index (χ0v) is 20.2. The van der Waals surface area contributed by atoms with Crippen molar-refractivity contribution in [2.24, 2.45) is 0 Å². The Morgan fingerprint density at radius 3 is 2.26 bits per heavy atom. The third kappa shape index (κ3) is 5.46. The van der Waals surface area contributed by atoms with Crippen molar-refractivity contribution in [3.8, 4) is 0 Å². The van der Waals surface area contributed by atoms with Crippen LogP contribution in [0.3, 0.4) is 0 Å². The van der Waals surface area contributed by atoms with E-state index in [1.165, 1.54) is 11.3 Å². The molecule has 3 aromatic rings. The van der Waals surface area contributed by atoms with Crippen molar-refractivity contribution in [2.75, 3.05) is 47.9 Å². The van der Waals surface area contributed by atoms with Crippen LogP contribution < -0.4 is 20.0 Å². The van der Waals surface area contributed by atoms with Crippen LogP contribution in [0.25, 0.3) is 6.08 Å². The van der Waals surface area contributed by atoms with Crippen LogP contribution >= 0.6 is 11.8 Å². The fraction of sp³-hybridized carbons (Fsp3) is 0.231. The van der Waals surface area contributed by atoms with Gasteiger partial charge in [-0.25, -0.2) is 4.98 Å². The minimum atomic E-state index is -0.393. The second-order valence-electron chi connectivity index (χ2n) is 8.45. The molecule has 35 heavy (non-hydrogen) atoms. The van der Waals surface area contributed by atoms with Gasteiger partial charge in [0.15, 0.2) is 0 Å². The Morgan fingerprint density at radius 1 is 0.943 bits per heavy atom. The molecule has 2 fully saturated rings. The molecule has 8 nitrogen and oxygen atoms in total. The average molecular weight is 487 g/mol. The number of rotatable bonds is 6. The molecule has 2 amide bonds. The molecule has 0 unspecified atom stereocenters. The lowest BCUT2D eigenvalue weighted by atomic mass is 10.2. The molecule has 178 valence electrons. The zero-order valence-electron chi connectivity index (χ0n) is 19.4. The highest BCUT2D eigenvalue weighted by atomic mass is 32.2. The first-order chi connectivity index (χ1) is 17.0. The van der Waals surface area contributed by atoms with Crippen LogP contribution in [0.2, 0.25) is 0 Å². The lowest BCUT2D eigenvalue weighted by Gasteiger charge is -2.36. The van der Waals surface area contributed by atoms with Gasteiger partial charge in [-0.2, -0.15) is 4.98 Å². The van der Waals surface area contributed by atoms with Crippen LogP contribution in [-0.4, -0.2) is 54.3 Å². The first kappa shape index (κ1) is 22.9. The molecule has 0 atom stereocenters. The van der Waals surface area contributed by atoms with Crippen LogP contribution in [0.15, 0.2) is 71.6 Å². The highest BCUT2D eigenvalue weighted by Gasteiger charge is 2.26. The first-order valence-corrected chi connectivity index (χ1v) is 12.3. The predicted molar refractivity (Wildman–Crippen MR) is 141 cm³/mol. The molecule has 1 N–H and O–H groups in total. The van der Waals surface area contributed by atoms with Gasteiger partial charge in [-0.3, -0.25) is 14.9 Å². The normalized spacial score (nSPS) is 17.1. The molecule has 0 bridgehead atoms. The summed E-state index contributed by atoms with van der Waals surface area (Å²) in [5, 5.41) is 1.94. The minimum Gasteiger partial charge on any atom is -0.368 e. The number of aromatic nitrogens is 2. The minimum absolute atomic E-state index is 0.338. The predicted octanol–water partition coefficient (Wildman–Crippen LogP) is 3.76. The van der Waals surface area contributed by atoms with E-state index in [2.05, 4.69) is 56.4 Å². The number of imide groups is 1. The van der Waals surface area contributed by atoms with E-state index in [1.807, 2.05) is 37.4 Å². The van der Waals surface area contributed by atoms with Gasteiger partial charge < -0.3 is 14.7 Å². The maximum atomic E-state index is 12.1. The molecule has 0 aliphatic carbocycles. The van der Waals surface area contributed by atoms with Crippen LogP contribution in [-0.2, 0) is 11.3 Å². The second kappa shape index (κ2) is 10.2. The smallest absolute Gasteiger partial charge is 0.290 e. The molecule has 2 aliphatic rings. The number of benzene rings is 2. The number of hydrogen-bond acceptors (Lipinski definition) is 8. The Labute approximate surface area is 208 Å². The van der Waals surface area contributed by atoms with E-state index < -0.39 is 5.91 Å². The summed E-state index contributed by atoms with van der Waals surface area (Å²) >= 11 is 0.892. The Morgan fingerprint density at radius 2 is 1.60 bits per heavy atom. The molecular weight excluding hydrogens is 460 g/mol. The van der Waals surface area contributed by atoms with Crippen LogP contribution in [0.5, 0.6) is 0 Å². The molecule has 2 aromatic carbocycles. The number of hydrogen-bond donors (Lipinski definition) is 1. The highest BCUT2D eigenvalue weighted by molar-refractivity contribution is 8.18. The number of thioether (sulfide) groups is 1. The summed E-state index contributed by atoms with van der Waals surface area (Å²) in [6, 6.07) is 22.4. The Kier molecular flexibility index (Phi) is 6.67. The first-order valence-electron chi connectivity index (χ1n) is 11.5. The summed E-state index contributed by atoms with van der Waals surface area (Å²) in [5.74, 6) is 0.985. The SMILES string of the molecule is CN(Cc1ccccc1)c1cc(/C=C2\SC(=O)NC2=O)nc(N2CCN(c3ccccc3)CC2)n1. The molecule has 0 saturated carbocycles. The molecule has 2 aliphatic heterocycles. The second-order valence-corrected chi connectivity index (χ2v) is 9.47. The Bertz CT molecular complexity index is 1240. The van der Waals surface area contributed by atoms with Crippen LogP contribution in [0, 0.1) is 0 Å². The summed E-state index contributed by atoms with van der Waals surface area (Å²) in [4.78, 5) is 40.3. The molecular formula is C26H26N6O2S. The van der Waals surface area contributed by atoms with E-state index in [-0.39, 0.29) is 5.24 Å². The summed E-state index contributed by atoms with van der Waals surface area (Å²) < 4.78 is 0. The molecule has 1 aromatic heterocycles. The molecule has 0 spiro atoms. The van der Waals surface area contributed by atoms with E-state index in [0.717, 1.165) is 43.8 Å². The molecule has 0 radical (unpaired) electrons. The van der Waals surface area contributed by atoms with E-state index in [9.17, 15) is 9.59 Å². The van der Waals surface area contributed by atoms with E-state index in [0.29, 0.717) is 23.1 Å². The fourth-order valence-corrected chi connectivity index (χ4v) is 4.81. The van der Waals surface area contributed by atoms with Gasteiger partial charge in [0.05, 0.1) is 10.6 Å². The highest BCUT2D eigenvalue weighted by Crippen LogP contribution is 2.27. The Hall–Kier alpha value is -3.85. The van der Waals surface area contributed by atoms with Gasteiger partial charge in [-0.1, -0.05) is 48.5 Å². The van der Waals surface area contributed by atoms with Crippen LogP contribution in [0.4, 0.5) is 22.2 Å². The number of nitrogens with zero attached hydrogens (tertiary/aromatic N) is 5. The van der Waals surface area contributed by atoms with Crippen molar-refractivity contribution < 1.29 is 9.59 Å². The average Bonchev–Trinajstić information content (AvgIpc) is 3.21. The summed E-state index contributed by atoms with van der Waals surface area (Å²) in [7, 11) is 1.99. The Balaban J connectivity index is 1.41. The van der Waals surface area contributed by atoms with E-state index in [1.54, 1.807) is 6.08 Å². The molecule has 3 heterocycles. The maximum Gasteiger partial charge on any atom is 0.290 e. The number of carbonyl (C=O) groups excluding carboxylic acids is 2. The number of nitrogens with one attached hydrogen (secondary N) is 1. The van der Waals surface area contributed by atoms with E-state index >= 15 is 0 Å². The van der Waals surface area contributed by atoms with Crippen molar-refractivity contribution in [1.82, 2.24) is 15.3 Å². The number of anilines is 3. The standard InChI is InChI=1S/C26H26N6O2S/c1-30(18-19-8-4-2-5-9-19)23-17-20(16-22-24(33)29-26(34)35-22)27-25(28-23)32-14-12-31(13-15-32)21-10-6-3-7-11-21/h2-11,16-17H,12-15,18H2,1H3,(H,29,33,34)/b22-16-. The quantitative estimate of drug-likeness (QED) is 0.528. The van der Waals surface area contributed by atoms with Gasteiger partial charge >= 0.3 is 0 Å². The van der Waals surface area contributed by atoms with Crippen molar-refractivity contribution in [1.29, 1.82) is 0 Å². The number of carbonyl (C=O) groups is 2. The summed E-state index contributed by atoms with van der Waals surface area (Å²) in [6.07, 6.45) is 1.66. The summed E-state index contributed by atoms with van der Waals surface area (Å²) in [5.41, 5.74) is 2.98. The third-order valence-electron chi connectivity index (χ3n) is 5.98. The summed E-state index contributed by atoms with van der Waals surface area (Å²) in [6.45, 7) is 3.97. The third-order valence-corrected chi connectivity index (χ3v) is 6.79. The number of amides is 2. The van der Waals surface area contributed by atoms with E-state index in [4.69, 9.17) is 9.97 Å². The monoisotopic (exact) mass is 486 g/mol. The number of para-hydroxylation sites is 1. The largest absolute Gasteiger partial charge is 0.368 e. The number of piperazine rings is 1. The maximum absolute atomic E-state index is 12.1. The zero-order chi connectivity index (χ0) is 24.2. The molecule has 5 rings (SSSR count). The topological polar surface area (TPSA) is 81.7 Å². The van der Waals surface area contributed by atoms with Gasteiger partial charge in [0.25, 0.3) is 11.1 Å². The van der Waals surface area contributed by atoms with Crippen molar-refractivity contribution >= 4 is 46.4 Å². The fourth-order valence-electron chi connectivity index (χ4n) is 4.15. The molecule has 2 saturated heterocycles. The van der Waals surface area contributed by atoms with Gasteiger partial charge in [-0.15, -0.1) is 0 Å².